The highest BCUT2D eigenvalue weighted by molar-refractivity contribution is 6.19. The number of ketones is 1. The van der Waals surface area contributed by atoms with E-state index in [9.17, 15) is 9.90 Å². The van der Waals surface area contributed by atoms with E-state index >= 15 is 0 Å². The van der Waals surface area contributed by atoms with Crippen molar-refractivity contribution < 1.29 is 14.6 Å². The highest BCUT2D eigenvalue weighted by atomic mass is 16.5. The van der Waals surface area contributed by atoms with Gasteiger partial charge in [0.15, 0.2) is 0 Å². The van der Waals surface area contributed by atoms with Gasteiger partial charge >= 0.3 is 0 Å². The fraction of sp³-hybridized carbons (Fsp3) is 0.0526. The number of hydrogen-bond donors (Lipinski definition) is 2. The second kappa shape index (κ2) is 5.38. The molecule has 5 nitrogen and oxygen atoms in total. The van der Waals surface area contributed by atoms with E-state index in [4.69, 9.17) is 4.74 Å². The zero-order chi connectivity index (χ0) is 16.7. The number of nitrogens with zero attached hydrogens (tertiary/aromatic N) is 1. The number of H-pyrrole nitrogens is 1. The van der Waals surface area contributed by atoms with E-state index in [-0.39, 0.29) is 11.5 Å². The Kier molecular flexibility index (Phi) is 3.20. The fourth-order valence-corrected chi connectivity index (χ4v) is 2.86. The van der Waals surface area contributed by atoms with E-state index in [1.807, 2.05) is 6.07 Å². The number of ether oxygens (including phenoxy) is 1. The van der Waals surface area contributed by atoms with Crippen LogP contribution in [0.2, 0.25) is 0 Å². The van der Waals surface area contributed by atoms with E-state index < -0.39 is 0 Å². The molecule has 0 radical (unpaired) electrons. The van der Waals surface area contributed by atoms with Crippen LogP contribution in [-0.4, -0.2) is 28.0 Å². The highest BCUT2D eigenvalue weighted by Gasteiger charge is 2.17. The molecule has 0 aliphatic carbocycles. The fourth-order valence-electron chi connectivity index (χ4n) is 2.86. The highest BCUT2D eigenvalue weighted by Crippen LogP contribution is 2.30. The van der Waals surface area contributed by atoms with E-state index in [1.165, 1.54) is 0 Å². The largest absolute Gasteiger partial charge is 0.508 e. The van der Waals surface area contributed by atoms with Crippen molar-refractivity contribution in [2.45, 2.75) is 0 Å². The molecule has 0 aliphatic rings. The first-order chi connectivity index (χ1) is 11.7. The molecule has 4 rings (SSSR count). The standard InChI is InChI=1S/C19H14N2O3/c1-24-13-5-2-11(3-6-13)19(23)18-17-14(8-9-20-18)15-10-12(22)4-7-16(15)21-17/h2-10,21-22H,1H3. The number of nitrogens with one attached hydrogen (secondary N) is 1. The molecule has 0 aliphatic heterocycles. The third kappa shape index (κ3) is 2.18. The predicted octanol–water partition coefficient (Wildman–Crippen LogP) is 3.66. The number of aromatic nitrogens is 2. The van der Waals surface area contributed by atoms with Crippen molar-refractivity contribution >= 4 is 27.6 Å². The number of phenols is 1. The van der Waals surface area contributed by atoms with E-state index in [1.54, 1.807) is 55.8 Å². The van der Waals surface area contributed by atoms with Crippen LogP contribution in [0.15, 0.2) is 54.7 Å². The summed E-state index contributed by atoms with van der Waals surface area (Å²) in [6, 6.07) is 13.8. The molecule has 24 heavy (non-hydrogen) atoms. The number of carbonyl (C=O) groups excluding carboxylic acids is 1. The van der Waals surface area contributed by atoms with Gasteiger partial charge in [0.25, 0.3) is 0 Å². The molecule has 0 unspecified atom stereocenters. The molecule has 2 N–H and O–H groups in total. The number of rotatable bonds is 3. The summed E-state index contributed by atoms with van der Waals surface area (Å²) >= 11 is 0. The Balaban J connectivity index is 1.89. The van der Waals surface area contributed by atoms with Gasteiger partial charge in [-0.3, -0.25) is 9.78 Å². The normalized spacial score (nSPS) is 11.0. The minimum absolute atomic E-state index is 0.168. The second-order valence-corrected chi connectivity index (χ2v) is 5.49. The summed E-state index contributed by atoms with van der Waals surface area (Å²) in [6.07, 6.45) is 1.61. The van der Waals surface area contributed by atoms with Crippen molar-refractivity contribution in [3.8, 4) is 11.5 Å². The molecule has 5 heteroatoms. The van der Waals surface area contributed by atoms with Gasteiger partial charge in [-0.15, -0.1) is 0 Å². The van der Waals surface area contributed by atoms with Crippen LogP contribution in [-0.2, 0) is 0 Å². The number of aromatic hydroxyl groups is 1. The number of methoxy groups -OCH3 is 1. The number of carbonyl (C=O) groups is 1. The molecule has 0 atom stereocenters. The number of hydrogen-bond acceptors (Lipinski definition) is 4. The molecule has 0 spiro atoms. The van der Waals surface area contributed by atoms with Gasteiger partial charge in [0.05, 0.1) is 12.6 Å². The first kappa shape index (κ1) is 14.3. The molecule has 0 fully saturated rings. The number of pyridine rings is 1. The van der Waals surface area contributed by atoms with Gasteiger partial charge in [0.1, 0.15) is 17.2 Å². The molecular weight excluding hydrogens is 304 g/mol. The Labute approximate surface area is 137 Å². The molecule has 2 aromatic carbocycles. The summed E-state index contributed by atoms with van der Waals surface area (Å²) in [7, 11) is 1.58. The Morgan fingerprint density at radius 3 is 2.62 bits per heavy atom. The summed E-state index contributed by atoms with van der Waals surface area (Å²) in [4.78, 5) is 20.3. The first-order valence-electron chi connectivity index (χ1n) is 7.45. The van der Waals surface area contributed by atoms with Gasteiger partial charge in [0.2, 0.25) is 5.78 Å². The zero-order valence-corrected chi connectivity index (χ0v) is 12.9. The summed E-state index contributed by atoms with van der Waals surface area (Å²) in [6.45, 7) is 0. The Morgan fingerprint density at radius 1 is 1.08 bits per heavy atom. The second-order valence-electron chi connectivity index (χ2n) is 5.49. The molecule has 0 saturated carbocycles. The van der Waals surface area contributed by atoms with Crippen LogP contribution >= 0.6 is 0 Å². The zero-order valence-electron chi connectivity index (χ0n) is 12.9. The van der Waals surface area contributed by atoms with Crippen LogP contribution in [0.5, 0.6) is 11.5 Å². The van der Waals surface area contributed by atoms with Crippen molar-refractivity contribution in [3.63, 3.8) is 0 Å². The molecule has 4 aromatic rings. The number of fused-ring (bicyclic) bond motifs is 3. The molecule has 0 bridgehead atoms. The van der Waals surface area contributed by atoms with Gasteiger partial charge in [-0.25, -0.2) is 0 Å². The van der Waals surface area contributed by atoms with Gasteiger partial charge in [-0.05, 0) is 48.5 Å². The van der Waals surface area contributed by atoms with E-state index in [2.05, 4.69) is 9.97 Å². The van der Waals surface area contributed by atoms with Gasteiger partial charge in [0, 0.05) is 28.0 Å². The van der Waals surface area contributed by atoms with Gasteiger partial charge < -0.3 is 14.8 Å². The summed E-state index contributed by atoms with van der Waals surface area (Å²) < 4.78 is 5.12. The van der Waals surface area contributed by atoms with E-state index in [0.29, 0.717) is 22.5 Å². The molecule has 2 heterocycles. The molecule has 118 valence electrons. The maximum absolute atomic E-state index is 12.8. The quantitative estimate of drug-likeness (QED) is 0.565. The van der Waals surface area contributed by atoms with Crippen LogP contribution in [0, 0.1) is 0 Å². The molecule has 2 aromatic heterocycles. The Hall–Kier alpha value is -3.34. The number of aromatic amines is 1. The minimum atomic E-state index is -0.168. The van der Waals surface area contributed by atoms with Crippen molar-refractivity contribution in [1.29, 1.82) is 0 Å². The maximum atomic E-state index is 12.8. The molecular formula is C19H14N2O3. The van der Waals surface area contributed by atoms with Crippen LogP contribution in [0.3, 0.4) is 0 Å². The van der Waals surface area contributed by atoms with Crippen LogP contribution in [0.1, 0.15) is 16.1 Å². The topological polar surface area (TPSA) is 75.2 Å². The minimum Gasteiger partial charge on any atom is -0.508 e. The third-order valence-corrected chi connectivity index (χ3v) is 4.07. The van der Waals surface area contributed by atoms with Crippen molar-refractivity contribution in [1.82, 2.24) is 9.97 Å². The summed E-state index contributed by atoms with van der Waals surface area (Å²) in [5, 5.41) is 11.4. The summed E-state index contributed by atoms with van der Waals surface area (Å²) in [5.41, 5.74) is 2.41. The monoisotopic (exact) mass is 318 g/mol. The smallest absolute Gasteiger partial charge is 0.213 e. The van der Waals surface area contributed by atoms with Crippen molar-refractivity contribution in [2.75, 3.05) is 7.11 Å². The van der Waals surface area contributed by atoms with Crippen molar-refractivity contribution in [2.24, 2.45) is 0 Å². The average molecular weight is 318 g/mol. The molecule has 0 saturated heterocycles. The van der Waals surface area contributed by atoms with Crippen LogP contribution in [0.4, 0.5) is 0 Å². The summed E-state index contributed by atoms with van der Waals surface area (Å²) in [5.74, 6) is 0.709. The van der Waals surface area contributed by atoms with Crippen LogP contribution in [0.25, 0.3) is 21.8 Å². The maximum Gasteiger partial charge on any atom is 0.213 e. The Morgan fingerprint density at radius 2 is 1.88 bits per heavy atom. The first-order valence-corrected chi connectivity index (χ1v) is 7.45. The Bertz CT molecular complexity index is 1070. The van der Waals surface area contributed by atoms with Gasteiger partial charge in [-0.2, -0.15) is 0 Å². The van der Waals surface area contributed by atoms with E-state index in [0.717, 1.165) is 16.3 Å². The predicted molar refractivity (Wildman–Crippen MR) is 91.7 cm³/mol. The van der Waals surface area contributed by atoms with Crippen molar-refractivity contribution in [3.05, 3.63) is 66.0 Å². The number of benzene rings is 2. The van der Waals surface area contributed by atoms with Gasteiger partial charge in [-0.1, -0.05) is 0 Å². The SMILES string of the molecule is COc1ccc(C(=O)c2nccc3c2[nH]c2ccc(O)cc23)cc1. The molecule has 0 amide bonds. The third-order valence-electron chi connectivity index (χ3n) is 4.07. The number of phenolic OH excluding ortho intramolecular Hbond substituents is 1. The lowest BCUT2D eigenvalue weighted by Gasteiger charge is -2.04. The van der Waals surface area contributed by atoms with Crippen LogP contribution < -0.4 is 4.74 Å². The average Bonchev–Trinajstić information content (AvgIpc) is 2.99. The lowest BCUT2D eigenvalue weighted by atomic mass is 10.1. The lowest BCUT2D eigenvalue weighted by molar-refractivity contribution is 0.103. The lowest BCUT2D eigenvalue weighted by Crippen LogP contribution is -2.04.